The van der Waals surface area contributed by atoms with E-state index in [2.05, 4.69) is 5.10 Å². The number of nitrogens with two attached hydrogens (primary N) is 1. The number of nitrogen functional groups attached to an aromatic ring is 1. The molecule has 1 aromatic heterocycles. The molecule has 0 aliphatic carbocycles. The van der Waals surface area contributed by atoms with E-state index in [-0.39, 0.29) is 18.2 Å². The van der Waals surface area contributed by atoms with Crippen molar-refractivity contribution in [2.45, 2.75) is 13.8 Å². The normalized spacial score (nSPS) is 9.25. The number of amidine groups is 1. The third kappa shape index (κ3) is 1.58. The molecule has 0 spiro atoms. The molecule has 0 amide bonds. The van der Waals surface area contributed by atoms with Gasteiger partial charge in [0, 0.05) is 12.7 Å². The number of hydrogen-bond acceptors (Lipinski definition) is 2. The van der Waals surface area contributed by atoms with Gasteiger partial charge < -0.3 is 5.73 Å². The number of aromatic nitrogens is 2. The minimum absolute atomic E-state index is 0. The molecular weight excluding hydrogens is 176 g/mol. The van der Waals surface area contributed by atoms with Crippen LogP contribution < -0.4 is 5.73 Å². The van der Waals surface area contributed by atoms with Crippen LogP contribution in [0.2, 0.25) is 0 Å². The van der Waals surface area contributed by atoms with E-state index < -0.39 is 0 Å². The zero-order valence-corrected chi connectivity index (χ0v) is 8.20. The number of aryl methyl sites for hydroxylation is 2. The minimum Gasteiger partial charge on any atom is -0.384 e. The Morgan fingerprint density at radius 2 is 2.00 bits per heavy atom. The first-order valence-electron chi connectivity index (χ1n) is 3.38. The molecule has 0 aromatic carbocycles. The minimum atomic E-state index is 0. The Morgan fingerprint density at radius 3 is 2.17 bits per heavy atom. The third-order valence-electron chi connectivity index (χ3n) is 1.78. The predicted molar refractivity (Wildman–Crippen MR) is 50.9 cm³/mol. The van der Waals surface area contributed by atoms with Crippen LogP contribution in [0, 0.1) is 19.3 Å². The highest BCUT2D eigenvalue weighted by Crippen LogP contribution is 2.09. The first kappa shape index (κ1) is 11.0. The summed E-state index contributed by atoms with van der Waals surface area (Å²) < 4.78 is 1.73. The molecule has 0 aliphatic heterocycles. The van der Waals surface area contributed by atoms with Crippen LogP contribution in [0.5, 0.6) is 0 Å². The first-order chi connectivity index (χ1) is 5.04. The van der Waals surface area contributed by atoms with Gasteiger partial charge in [0.15, 0.2) is 0 Å². The second-order valence-electron chi connectivity index (χ2n) is 2.58. The number of rotatable bonds is 1. The van der Waals surface area contributed by atoms with Crippen LogP contribution in [0.25, 0.3) is 0 Å². The van der Waals surface area contributed by atoms with E-state index in [9.17, 15) is 0 Å². The van der Waals surface area contributed by atoms with Gasteiger partial charge >= 0.3 is 0 Å². The van der Waals surface area contributed by atoms with Crippen LogP contribution in [0.4, 0.5) is 0 Å². The lowest BCUT2D eigenvalue weighted by atomic mass is 10.2. The predicted octanol–water partition coefficient (Wildman–Crippen LogP) is 0.743. The lowest BCUT2D eigenvalue weighted by Crippen LogP contribution is -2.13. The van der Waals surface area contributed by atoms with Gasteiger partial charge in [-0.15, -0.1) is 12.4 Å². The highest BCUT2D eigenvalue weighted by Gasteiger charge is 2.10. The van der Waals surface area contributed by atoms with E-state index in [1.165, 1.54) is 0 Å². The van der Waals surface area contributed by atoms with Gasteiger partial charge in [-0.25, -0.2) is 0 Å². The smallest absolute Gasteiger partial charge is 0.126 e. The van der Waals surface area contributed by atoms with Crippen molar-refractivity contribution in [1.82, 2.24) is 9.78 Å². The van der Waals surface area contributed by atoms with Crippen molar-refractivity contribution >= 4 is 18.2 Å². The van der Waals surface area contributed by atoms with Crippen LogP contribution in [-0.2, 0) is 7.05 Å². The number of halogens is 1. The lowest BCUT2D eigenvalue weighted by molar-refractivity contribution is 0.731. The SMILES string of the molecule is Cc1nn(C)c(C)c1C(=N)N.Cl. The molecule has 0 unspecified atom stereocenters. The molecule has 68 valence electrons. The fraction of sp³-hybridized carbons (Fsp3) is 0.429. The summed E-state index contributed by atoms with van der Waals surface area (Å²) in [5.74, 6) is 0.0908. The fourth-order valence-corrected chi connectivity index (χ4v) is 1.16. The highest BCUT2D eigenvalue weighted by atomic mass is 35.5. The van der Waals surface area contributed by atoms with Gasteiger partial charge in [-0.05, 0) is 13.8 Å². The number of nitrogens with one attached hydrogen (secondary N) is 1. The van der Waals surface area contributed by atoms with Crippen LogP contribution in [0.1, 0.15) is 17.0 Å². The summed E-state index contributed by atoms with van der Waals surface area (Å²) in [6.45, 7) is 3.75. The average Bonchev–Trinajstić information content (AvgIpc) is 2.07. The molecular formula is C7H13ClN4. The van der Waals surface area contributed by atoms with Crippen molar-refractivity contribution in [1.29, 1.82) is 5.41 Å². The summed E-state index contributed by atoms with van der Waals surface area (Å²) in [6.07, 6.45) is 0. The van der Waals surface area contributed by atoms with E-state index >= 15 is 0 Å². The molecule has 1 aromatic rings. The quantitative estimate of drug-likeness (QED) is 0.504. The van der Waals surface area contributed by atoms with E-state index in [0.29, 0.717) is 0 Å². The Bertz CT molecular complexity index is 303. The topological polar surface area (TPSA) is 67.7 Å². The van der Waals surface area contributed by atoms with E-state index in [4.69, 9.17) is 11.1 Å². The van der Waals surface area contributed by atoms with Gasteiger partial charge in [0.25, 0.3) is 0 Å². The summed E-state index contributed by atoms with van der Waals surface area (Å²) in [6, 6.07) is 0. The Labute approximate surface area is 77.7 Å². The molecule has 0 saturated heterocycles. The molecule has 1 heterocycles. The van der Waals surface area contributed by atoms with Gasteiger partial charge in [-0.3, -0.25) is 10.1 Å². The number of hydrogen-bond donors (Lipinski definition) is 2. The maximum absolute atomic E-state index is 7.25. The molecule has 12 heavy (non-hydrogen) atoms. The van der Waals surface area contributed by atoms with Gasteiger partial charge in [0.2, 0.25) is 0 Å². The summed E-state index contributed by atoms with van der Waals surface area (Å²) in [5, 5.41) is 11.4. The number of nitrogens with zero attached hydrogens (tertiary/aromatic N) is 2. The van der Waals surface area contributed by atoms with Gasteiger partial charge in [0.1, 0.15) is 5.84 Å². The zero-order valence-electron chi connectivity index (χ0n) is 7.38. The fourth-order valence-electron chi connectivity index (χ4n) is 1.16. The Hall–Kier alpha value is -1.03. The van der Waals surface area contributed by atoms with E-state index in [1.807, 2.05) is 20.9 Å². The van der Waals surface area contributed by atoms with Crippen LogP contribution >= 0.6 is 12.4 Å². The molecule has 1 rings (SSSR count). The summed E-state index contributed by atoms with van der Waals surface area (Å²) in [5.41, 5.74) is 7.87. The summed E-state index contributed by atoms with van der Waals surface area (Å²) in [7, 11) is 1.84. The first-order valence-corrected chi connectivity index (χ1v) is 3.38. The molecule has 0 saturated carbocycles. The van der Waals surface area contributed by atoms with Crippen molar-refractivity contribution in [2.24, 2.45) is 12.8 Å². The van der Waals surface area contributed by atoms with Crippen LogP contribution in [0.3, 0.4) is 0 Å². The van der Waals surface area contributed by atoms with Crippen molar-refractivity contribution in [3.8, 4) is 0 Å². The Kier molecular flexibility index (Phi) is 3.27. The highest BCUT2D eigenvalue weighted by molar-refractivity contribution is 5.97. The molecule has 0 bridgehead atoms. The standard InChI is InChI=1S/C7H12N4.ClH/c1-4-6(7(8)9)5(2)11(3)10-4;/h1-3H3,(H3,8,9);1H. The monoisotopic (exact) mass is 188 g/mol. The maximum Gasteiger partial charge on any atom is 0.126 e. The van der Waals surface area contributed by atoms with Crippen molar-refractivity contribution < 1.29 is 0 Å². The van der Waals surface area contributed by atoms with Crippen LogP contribution in [-0.4, -0.2) is 15.6 Å². The molecule has 4 nitrogen and oxygen atoms in total. The average molecular weight is 189 g/mol. The second kappa shape index (κ2) is 3.58. The van der Waals surface area contributed by atoms with Crippen molar-refractivity contribution in [3.05, 3.63) is 17.0 Å². The largest absolute Gasteiger partial charge is 0.384 e. The molecule has 5 heteroatoms. The molecule has 0 aliphatic rings. The third-order valence-corrected chi connectivity index (χ3v) is 1.78. The molecule has 0 fully saturated rings. The van der Waals surface area contributed by atoms with Gasteiger partial charge in [0.05, 0.1) is 11.3 Å². The Morgan fingerprint density at radius 1 is 1.50 bits per heavy atom. The second-order valence-corrected chi connectivity index (χ2v) is 2.58. The molecule has 0 atom stereocenters. The van der Waals surface area contributed by atoms with E-state index in [1.54, 1.807) is 4.68 Å². The van der Waals surface area contributed by atoms with Crippen molar-refractivity contribution in [3.63, 3.8) is 0 Å². The Balaban J connectivity index is 0.00000121. The lowest BCUT2D eigenvalue weighted by Gasteiger charge is -1.96. The molecule has 3 N–H and O–H groups in total. The van der Waals surface area contributed by atoms with Crippen molar-refractivity contribution in [2.75, 3.05) is 0 Å². The maximum atomic E-state index is 7.25. The van der Waals surface area contributed by atoms with Crippen LogP contribution in [0.15, 0.2) is 0 Å². The van der Waals surface area contributed by atoms with Gasteiger partial charge in [-0.2, -0.15) is 5.10 Å². The summed E-state index contributed by atoms with van der Waals surface area (Å²) >= 11 is 0. The molecule has 0 radical (unpaired) electrons. The van der Waals surface area contributed by atoms with E-state index in [0.717, 1.165) is 17.0 Å². The summed E-state index contributed by atoms with van der Waals surface area (Å²) in [4.78, 5) is 0. The van der Waals surface area contributed by atoms with Gasteiger partial charge in [-0.1, -0.05) is 0 Å². The zero-order chi connectivity index (χ0) is 8.59.